The molecule has 3 atom stereocenters. The Morgan fingerprint density at radius 1 is 0.500 bits per heavy atom. The highest BCUT2D eigenvalue weighted by atomic mass is 14.3. The van der Waals surface area contributed by atoms with E-state index in [1.54, 1.807) is 33.4 Å². The van der Waals surface area contributed by atoms with Gasteiger partial charge in [0.25, 0.3) is 0 Å². The molecule has 4 aromatic carbocycles. The lowest BCUT2D eigenvalue weighted by molar-refractivity contribution is 0.546. The van der Waals surface area contributed by atoms with E-state index in [9.17, 15) is 0 Å². The maximum atomic E-state index is 2.55. The van der Waals surface area contributed by atoms with Crippen LogP contribution in [0.2, 0.25) is 0 Å². The molecule has 0 heterocycles. The Labute approximate surface area is 249 Å². The van der Waals surface area contributed by atoms with E-state index >= 15 is 0 Å². The van der Waals surface area contributed by atoms with Crippen LogP contribution >= 0.6 is 0 Å². The van der Waals surface area contributed by atoms with Crippen molar-refractivity contribution in [2.24, 2.45) is 17.8 Å². The monoisotopic (exact) mass is 540 g/mol. The highest BCUT2D eigenvalue weighted by Crippen LogP contribution is 2.45. The summed E-state index contributed by atoms with van der Waals surface area (Å²) in [6, 6.07) is 27.0. The molecule has 9 rings (SSSR count). The Morgan fingerprint density at radius 2 is 1.19 bits per heavy atom. The Bertz CT molecular complexity index is 1970. The Kier molecular flexibility index (Phi) is 5.65. The summed E-state index contributed by atoms with van der Waals surface area (Å²) in [5.41, 5.74) is 13.9. The van der Waals surface area contributed by atoms with Crippen molar-refractivity contribution in [1.29, 1.82) is 0 Å². The molecule has 0 amide bonds. The van der Waals surface area contributed by atoms with Gasteiger partial charge in [-0.3, -0.25) is 0 Å². The highest BCUT2D eigenvalue weighted by molar-refractivity contribution is 5.91. The number of benzene rings is 4. The van der Waals surface area contributed by atoms with Gasteiger partial charge in [0.15, 0.2) is 0 Å². The zero-order valence-electron chi connectivity index (χ0n) is 24.2. The summed E-state index contributed by atoms with van der Waals surface area (Å²) >= 11 is 0. The summed E-state index contributed by atoms with van der Waals surface area (Å²) in [5, 5.41) is 5.61. The van der Waals surface area contributed by atoms with Crippen molar-refractivity contribution in [3.63, 3.8) is 0 Å². The number of fused-ring (bicyclic) bond motifs is 8. The van der Waals surface area contributed by atoms with Crippen LogP contribution in [0.25, 0.3) is 33.7 Å². The molecule has 0 radical (unpaired) electrons. The second kappa shape index (κ2) is 9.70. The second-order valence-corrected chi connectivity index (χ2v) is 13.1. The molecule has 5 aliphatic carbocycles. The predicted molar refractivity (Wildman–Crippen MR) is 178 cm³/mol. The highest BCUT2D eigenvalue weighted by Gasteiger charge is 2.29. The van der Waals surface area contributed by atoms with Crippen LogP contribution < -0.4 is 0 Å². The van der Waals surface area contributed by atoms with Gasteiger partial charge in [0, 0.05) is 11.8 Å². The molecule has 42 heavy (non-hydrogen) atoms. The van der Waals surface area contributed by atoms with Crippen molar-refractivity contribution >= 4 is 33.7 Å². The molecule has 0 saturated carbocycles. The van der Waals surface area contributed by atoms with E-state index < -0.39 is 0 Å². The first-order valence-electron chi connectivity index (χ1n) is 16.0. The Hall–Kier alpha value is -4.16. The van der Waals surface area contributed by atoms with Gasteiger partial charge in [-0.15, -0.1) is 0 Å². The van der Waals surface area contributed by atoms with Gasteiger partial charge in [0.2, 0.25) is 0 Å². The normalized spacial score (nSPS) is 24.4. The molecule has 0 heteroatoms. The fraction of sp³-hybridized carbons (Fsp3) is 0.238. The minimum atomic E-state index is 0.546. The quantitative estimate of drug-likeness (QED) is 0.222. The van der Waals surface area contributed by atoms with E-state index in [1.165, 1.54) is 76.8 Å². The van der Waals surface area contributed by atoms with Crippen LogP contribution in [-0.4, -0.2) is 0 Å². The van der Waals surface area contributed by atoms with Gasteiger partial charge < -0.3 is 0 Å². The number of hydrogen-bond acceptors (Lipinski definition) is 0. The van der Waals surface area contributed by atoms with Gasteiger partial charge in [-0.2, -0.15) is 0 Å². The van der Waals surface area contributed by atoms with Gasteiger partial charge in [0.05, 0.1) is 0 Å². The van der Waals surface area contributed by atoms with Gasteiger partial charge >= 0.3 is 0 Å². The molecule has 3 unspecified atom stereocenters. The lowest BCUT2D eigenvalue weighted by Crippen LogP contribution is -2.20. The third kappa shape index (κ3) is 4.03. The minimum absolute atomic E-state index is 0.546. The largest absolute Gasteiger partial charge is 0.0804 e. The number of hydrogen-bond donors (Lipinski definition) is 0. The predicted octanol–water partition coefficient (Wildman–Crippen LogP) is 10.7. The molecular weight excluding hydrogens is 504 g/mol. The lowest BCUT2D eigenvalue weighted by Gasteiger charge is -2.33. The number of allylic oxidation sites excluding steroid dienone is 10. The topological polar surface area (TPSA) is 0 Å². The van der Waals surface area contributed by atoms with E-state index in [-0.39, 0.29) is 0 Å². The third-order valence-electron chi connectivity index (χ3n) is 10.8. The Morgan fingerprint density at radius 3 is 1.93 bits per heavy atom. The summed E-state index contributed by atoms with van der Waals surface area (Å²) < 4.78 is 0. The van der Waals surface area contributed by atoms with Gasteiger partial charge in [-0.05, 0) is 111 Å². The van der Waals surface area contributed by atoms with Crippen molar-refractivity contribution in [3.05, 3.63) is 153 Å². The molecule has 4 aromatic rings. The smallest absolute Gasteiger partial charge is 0.00215 e. The SMILES string of the molecule is C1=CC2Cc3c(ccc4ccccc34)C=C2CC1C1=CC=C(C2=CC3=Cc4ccc5ccccc5c4CC3CC2)CC1. The standard InChI is InChI=1S/C42H36/c1-3-7-39-29(5-1)13-19-35-23-37-21-31(15-17-33(37)25-41(35)39)27-9-11-28(12-10-27)32-16-18-34-26-42-36(24-38(34)22-32)20-14-30-6-2-4-8-40(30)42/h1-9,11,13-15,17,19-20,22-24,31,33-34H,10,12,16,18,21,25-26H2. The van der Waals surface area contributed by atoms with Crippen LogP contribution in [0.15, 0.2) is 131 Å². The van der Waals surface area contributed by atoms with Crippen molar-refractivity contribution in [1.82, 2.24) is 0 Å². The van der Waals surface area contributed by atoms with Gasteiger partial charge in [0.1, 0.15) is 0 Å². The van der Waals surface area contributed by atoms with Crippen molar-refractivity contribution in [2.45, 2.75) is 44.9 Å². The Balaban J connectivity index is 0.964. The second-order valence-electron chi connectivity index (χ2n) is 13.1. The minimum Gasteiger partial charge on any atom is -0.0804 e. The third-order valence-corrected chi connectivity index (χ3v) is 10.8. The average Bonchev–Trinajstić information content (AvgIpc) is 3.06. The summed E-state index contributed by atoms with van der Waals surface area (Å²) in [4.78, 5) is 0. The van der Waals surface area contributed by atoms with Crippen LogP contribution in [0.4, 0.5) is 0 Å². The number of rotatable bonds is 2. The maximum Gasteiger partial charge on any atom is 0.00215 e. The van der Waals surface area contributed by atoms with Crippen molar-refractivity contribution in [2.75, 3.05) is 0 Å². The molecule has 0 fully saturated rings. The van der Waals surface area contributed by atoms with Crippen LogP contribution in [-0.2, 0) is 12.8 Å². The fourth-order valence-corrected chi connectivity index (χ4v) is 8.51. The summed E-state index contributed by atoms with van der Waals surface area (Å²) in [7, 11) is 0. The van der Waals surface area contributed by atoms with E-state index in [1.807, 2.05) is 0 Å². The van der Waals surface area contributed by atoms with Crippen LogP contribution in [0.5, 0.6) is 0 Å². The first-order chi connectivity index (χ1) is 20.8. The van der Waals surface area contributed by atoms with Crippen molar-refractivity contribution in [3.8, 4) is 0 Å². The summed E-state index contributed by atoms with van der Waals surface area (Å²) in [6.07, 6.45) is 25.9. The zero-order valence-corrected chi connectivity index (χ0v) is 24.2. The van der Waals surface area contributed by atoms with Gasteiger partial charge in [-0.25, -0.2) is 0 Å². The summed E-state index contributed by atoms with van der Waals surface area (Å²) in [6.45, 7) is 0. The van der Waals surface area contributed by atoms with E-state index in [2.05, 4.69) is 115 Å². The molecule has 0 aromatic heterocycles. The molecular formula is C42H36. The van der Waals surface area contributed by atoms with E-state index in [0.717, 1.165) is 6.42 Å². The van der Waals surface area contributed by atoms with Crippen molar-refractivity contribution < 1.29 is 0 Å². The van der Waals surface area contributed by atoms with Crippen LogP contribution in [0.1, 0.15) is 54.4 Å². The molecule has 0 nitrogen and oxygen atoms in total. The van der Waals surface area contributed by atoms with Gasteiger partial charge in [-0.1, -0.05) is 126 Å². The lowest BCUT2D eigenvalue weighted by atomic mass is 9.71. The molecule has 0 spiro atoms. The fourth-order valence-electron chi connectivity index (χ4n) is 8.51. The van der Waals surface area contributed by atoms with E-state index in [0.29, 0.717) is 17.8 Å². The van der Waals surface area contributed by atoms with Crippen LogP contribution in [0, 0.1) is 17.8 Å². The molecule has 0 N–H and O–H groups in total. The first-order valence-corrected chi connectivity index (χ1v) is 16.0. The first kappa shape index (κ1) is 24.4. The zero-order chi connectivity index (χ0) is 27.6. The average molecular weight is 541 g/mol. The molecule has 0 saturated heterocycles. The summed E-state index contributed by atoms with van der Waals surface area (Å²) in [5.74, 6) is 1.76. The molecule has 204 valence electrons. The van der Waals surface area contributed by atoms with Crippen LogP contribution in [0.3, 0.4) is 0 Å². The van der Waals surface area contributed by atoms with E-state index in [4.69, 9.17) is 0 Å². The molecule has 0 aliphatic heterocycles. The molecule has 5 aliphatic rings. The molecule has 0 bridgehead atoms. The maximum absolute atomic E-state index is 2.55.